The number of anilines is 1. The number of benzene rings is 2. The molecule has 6 nitrogen and oxygen atoms in total. The summed E-state index contributed by atoms with van der Waals surface area (Å²) < 4.78 is 0.845. The second-order valence-corrected chi connectivity index (χ2v) is 6.36. The Kier molecular flexibility index (Phi) is 6.97. The van der Waals surface area contributed by atoms with E-state index in [0.29, 0.717) is 16.3 Å². The maximum Gasteiger partial charge on any atom is 0.269 e. The lowest BCUT2D eigenvalue weighted by Crippen LogP contribution is -2.41. The Hall–Kier alpha value is -2.38. The third-order valence-electron chi connectivity index (χ3n) is 3.15. The Labute approximate surface area is 158 Å². The minimum absolute atomic E-state index is 0.0365. The molecule has 0 aliphatic carbocycles. The number of nitrogens with one attached hydrogen (secondary N) is 3. The van der Waals surface area contributed by atoms with Gasteiger partial charge in [0.2, 0.25) is 11.8 Å². The molecule has 130 valence electrons. The van der Waals surface area contributed by atoms with Crippen molar-refractivity contribution in [3.05, 3.63) is 63.6 Å². The average Bonchev–Trinajstić information content (AvgIpc) is 2.60. The lowest BCUT2D eigenvalue weighted by molar-refractivity contribution is -0.124. The zero-order valence-corrected chi connectivity index (χ0v) is 15.4. The second kappa shape index (κ2) is 9.19. The van der Waals surface area contributed by atoms with Crippen LogP contribution in [0.4, 0.5) is 5.69 Å². The lowest BCUT2D eigenvalue weighted by Gasteiger charge is -2.08. The monoisotopic (exact) mass is 423 g/mol. The number of para-hydroxylation sites is 1. The van der Waals surface area contributed by atoms with Gasteiger partial charge < -0.3 is 5.32 Å². The number of amides is 3. The van der Waals surface area contributed by atoms with Gasteiger partial charge >= 0.3 is 0 Å². The molecule has 0 aliphatic heterocycles. The molecule has 0 bridgehead atoms. The molecule has 0 aliphatic rings. The molecule has 2 aromatic carbocycles. The molecule has 0 unspecified atom stereocenters. The van der Waals surface area contributed by atoms with Gasteiger partial charge in [0, 0.05) is 22.9 Å². The molecular formula is C17H15BrClN3O3. The molecule has 2 rings (SSSR count). The summed E-state index contributed by atoms with van der Waals surface area (Å²) in [7, 11) is 0. The third-order valence-corrected chi connectivity index (χ3v) is 4.01. The van der Waals surface area contributed by atoms with Crippen LogP contribution in [-0.2, 0) is 9.59 Å². The Morgan fingerprint density at radius 3 is 2.20 bits per heavy atom. The van der Waals surface area contributed by atoms with Crippen molar-refractivity contribution >= 4 is 50.9 Å². The van der Waals surface area contributed by atoms with Crippen LogP contribution in [0.2, 0.25) is 5.02 Å². The van der Waals surface area contributed by atoms with Crippen LogP contribution >= 0.6 is 27.5 Å². The van der Waals surface area contributed by atoms with Crippen molar-refractivity contribution in [2.45, 2.75) is 12.8 Å². The predicted molar refractivity (Wildman–Crippen MR) is 99.1 cm³/mol. The summed E-state index contributed by atoms with van der Waals surface area (Å²) in [5, 5.41) is 3.04. The van der Waals surface area contributed by atoms with E-state index in [2.05, 4.69) is 32.1 Å². The molecule has 0 spiro atoms. The number of carbonyl (C=O) groups excluding carboxylic acids is 3. The highest BCUT2D eigenvalue weighted by atomic mass is 79.9. The fourth-order valence-corrected chi connectivity index (χ4v) is 2.31. The Morgan fingerprint density at radius 2 is 1.52 bits per heavy atom. The molecule has 0 atom stereocenters. The van der Waals surface area contributed by atoms with Gasteiger partial charge in [-0.05, 0) is 36.4 Å². The van der Waals surface area contributed by atoms with Crippen molar-refractivity contribution in [1.82, 2.24) is 10.9 Å². The molecule has 0 radical (unpaired) electrons. The van der Waals surface area contributed by atoms with E-state index in [9.17, 15) is 14.4 Å². The summed E-state index contributed by atoms with van der Waals surface area (Å²) in [6.45, 7) is 0. The molecule has 25 heavy (non-hydrogen) atoms. The van der Waals surface area contributed by atoms with Crippen molar-refractivity contribution in [3.8, 4) is 0 Å². The van der Waals surface area contributed by atoms with Crippen LogP contribution in [0.1, 0.15) is 23.2 Å². The molecule has 3 amide bonds. The SMILES string of the molecule is O=C(CCC(=O)Nc1ccccc1Cl)NNC(=O)c1ccc(Br)cc1. The third kappa shape index (κ3) is 6.21. The maximum atomic E-state index is 11.8. The van der Waals surface area contributed by atoms with E-state index < -0.39 is 11.8 Å². The molecule has 0 heterocycles. The summed E-state index contributed by atoms with van der Waals surface area (Å²) >= 11 is 9.21. The van der Waals surface area contributed by atoms with Gasteiger partial charge in [-0.1, -0.05) is 39.7 Å². The molecule has 0 fully saturated rings. The van der Waals surface area contributed by atoms with E-state index in [1.165, 1.54) is 0 Å². The number of halogens is 2. The minimum atomic E-state index is -0.472. The van der Waals surface area contributed by atoms with Crippen LogP contribution in [-0.4, -0.2) is 17.7 Å². The number of hydrogen-bond acceptors (Lipinski definition) is 3. The van der Waals surface area contributed by atoms with Crippen LogP contribution < -0.4 is 16.2 Å². The lowest BCUT2D eigenvalue weighted by atomic mass is 10.2. The Bertz CT molecular complexity index is 781. The number of hydrogen-bond donors (Lipinski definition) is 3. The zero-order chi connectivity index (χ0) is 18.2. The van der Waals surface area contributed by atoms with Crippen molar-refractivity contribution in [2.75, 3.05) is 5.32 Å². The Morgan fingerprint density at radius 1 is 0.880 bits per heavy atom. The summed E-state index contributed by atoms with van der Waals surface area (Å²) in [6.07, 6.45) is -0.109. The fourth-order valence-electron chi connectivity index (χ4n) is 1.86. The van der Waals surface area contributed by atoms with E-state index in [4.69, 9.17) is 11.6 Å². The minimum Gasteiger partial charge on any atom is -0.325 e. The van der Waals surface area contributed by atoms with Crippen LogP contribution in [0.25, 0.3) is 0 Å². The highest BCUT2D eigenvalue weighted by molar-refractivity contribution is 9.10. The van der Waals surface area contributed by atoms with Gasteiger partial charge in [0.1, 0.15) is 0 Å². The van der Waals surface area contributed by atoms with E-state index in [-0.39, 0.29) is 18.7 Å². The molecule has 0 saturated carbocycles. The average molecular weight is 425 g/mol. The topological polar surface area (TPSA) is 87.3 Å². The fraction of sp³-hybridized carbons (Fsp3) is 0.118. The van der Waals surface area contributed by atoms with E-state index in [0.717, 1.165) is 4.47 Å². The van der Waals surface area contributed by atoms with Gasteiger partial charge in [0.05, 0.1) is 10.7 Å². The predicted octanol–water partition coefficient (Wildman–Crippen LogP) is 3.28. The van der Waals surface area contributed by atoms with Crippen molar-refractivity contribution < 1.29 is 14.4 Å². The summed E-state index contributed by atoms with van der Waals surface area (Å²) in [5.41, 5.74) is 5.45. The highest BCUT2D eigenvalue weighted by Gasteiger charge is 2.10. The van der Waals surface area contributed by atoms with Crippen LogP contribution in [0.3, 0.4) is 0 Å². The molecular weight excluding hydrogens is 410 g/mol. The quantitative estimate of drug-likeness (QED) is 0.644. The van der Waals surface area contributed by atoms with Gasteiger partial charge in [0.25, 0.3) is 5.91 Å². The summed E-state index contributed by atoms with van der Waals surface area (Å²) in [6, 6.07) is 13.5. The first-order valence-electron chi connectivity index (χ1n) is 7.35. The van der Waals surface area contributed by atoms with Gasteiger partial charge in [-0.2, -0.15) is 0 Å². The van der Waals surface area contributed by atoms with Crippen LogP contribution in [0.15, 0.2) is 53.0 Å². The standard InChI is InChI=1S/C17H15BrClN3O3/c18-12-7-5-11(6-8-12)17(25)22-21-16(24)10-9-15(23)20-14-4-2-1-3-13(14)19/h1-8H,9-10H2,(H,20,23)(H,21,24)(H,22,25). The molecule has 3 N–H and O–H groups in total. The van der Waals surface area contributed by atoms with Crippen LogP contribution in [0.5, 0.6) is 0 Å². The number of rotatable bonds is 5. The number of carbonyl (C=O) groups is 3. The number of hydrazine groups is 1. The van der Waals surface area contributed by atoms with Crippen molar-refractivity contribution in [1.29, 1.82) is 0 Å². The van der Waals surface area contributed by atoms with Gasteiger partial charge in [-0.15, -0.1) is 0 Å². The first kappa shape index (κ1) is 19.0. The van der Waals surface area contributed by atoms with Crippen LogP contribution in [0, 0.1) is 0 Å². The normalized spacial score (nSPS) is 10.0. The summed E-state index contributed by atoms with van der Waals surface area (Å²) in [4.78, 5) is 35.4. The van der Waals surface area contributed by atoms with Crippen molar-refractivity contribution in [3.63, 3.8) is 0 Å². The highest BCUT2D eigenvalue weighted by Crippen LogP contribution is 2.20. The largest absolute Gasteiger partial charge is 0.325 e. The summed E-state index contributed by atoms with van der Waals surface area (Å²) in [5.74, 6) is -1.26. The van der Waals surface area contributed by atoms with Crippen molar-refractivity contribution in [2.24, 2.45) is 0 Å². The molecule has 2 aromatic rings. The first-order valence-corrected chi connectivity index (χ1v) is 8.52. The van der Waals surface area contributed by atoms with Gasteiger partial charge in [-0.3, -0.25) is 25.2 Å². The Balaban J connectivity index is 1.73. The van der Waals surface area contributed by atoms with E-state index in [1.54, 1.807) is 48.5 Å². The molecule has 8 heteroatoms. The molecule has 0 saturated heterocycles. The molecule has 0 aromatic heterocycles. The van der Waals surface area contributed by atoms with E-state index >= 15 is 0 Å². The second-order valence-electron chi connectivity index (χ2n) is 5.04. The maximum absolute atomic E-state index is 11.8. The first-order chi connectivity index (χ1) is 12.0. The zero-order valence-electron chi connectivity index (χ0n) is 13.0. The smallest absolute Gasteiger partial charge is 0.269 e. The van der Waals surface area contributed by atoms with Gasteiger partial charge in [-0.25, -0.2) is 0 Å². The van der Waals surface area contributed by atoms with Gasteiger partial charge in [0.15, 0.2) is 0 Å². The van der Waals surface area contributed by atoms with E-state index in [1.807, 2.05) is 0 Å².